The molecular weight excluding hydrogens is 306 g/mol. The minimum Gasteiger partial charge on any atom is -0.508 e. The van der Waals surface area contributed by atoms with Crippen molar-refractivity contribution in [3.05, 3.63) is 41.2 Å². The van der Waals surface area contributed by atoms with Crippen molar-refractivity contribution in [3.8, 4) is 17.1 Å². The van der Waals surface area contributed by atoms with Crippen molar-refractivity contribution in [2.24, 2.45) is 4.99 Å². The van der Waals surface area contributed by atoms with Crippen molar-refractivity contribution >= 4 is 23.4 Å². The Balaban J connectivity index is 1.86. The van der Waals surface area contributed by atoms with E-state index in [2.05, 4.69) is 15.0 Å². The van der Waals surface area contributed by atoms with Crippen molar-refractivity contribution in [2.45, 2.75) is 25.8 Å². The number of aromatic nitrogens is 2. The standard InChI is InChI=1S/C18H15N3O3/c1-18(2)16(24)11-7-13(23)15-14(12(11)8-19-18)20-17(21-15)9-3-5-10(22)6-4-9/h3-6,8,22H,7H2,1-2H3,(H,20,21). The van der Waals surface area contributed by atoms with Crippen LogP contribution in [0.3, 0.4) is 0 Å². The van der Waals surface area contributed by atoms with Crippen LogP contribution in [0.2, 0.25) is 0 Å². The number of fused-ring (bicyclic) bond motifs is 2. The lowest BCUT2D eigenvalue weighted by Gasteiger charge is -2.27. The van der Waals surface area contributed by atoms with Gasteiger partial charge < -0.3 is 10.1 Å². The molecule has 0 bridgehead atoms. The Morgan fingerprint density at radius 3 is 2.58 bits per heavy atom. The molecule has 0 spiro atoms. The number of dihydropyridines is 1. The maximum atomic E-state index is 12.6. The molecule has 1 aromatic carbocycles. The maximum absolute atomic E-state index is 12.6. The SMILES string of the molecule is CC1(C)N=CC2=C(CC(=O)c3nc(-c4ccc(O)cc4)[nH]c32)C1=O. The zero-order valence-electron chi connectivity index (χ0n) is 13.3. The minimum absolute atomic E-state index is 0.0521. The summed E-state index contributed by atoms with van der Waals surface area (Å²) >= 11 is 0. The highest BCUT2D eigenvalue weighted by Crippen LogP contribution is 2.36. The molecule has 2 aromatic rings. The van der Waals surface area contributed by atoms with Crippen LogP contribution in [0, 0.1) is 0 Å². The lowest BCUT2D eigenvalue weighted by atomic mass is 9.81. The van der Waals surface area contributed by atoms with Gasteiger partial charge in [-0.2, -0.15) is 0 Å². The van der Waals surface area contributed by atoms with Crippen LogP contribution in [0.15, 0.2) is 34.8 Å². The molecule has 6 heteroatoms. The molecule has 2 heterocycles. The summed E-state index contributed by atoms with van der Waals surface area (Å²) in [5.41, 5.74) is 1.92. The number of hydrogen-bond acceptors (Lipinski definition) is 5. The quantitative estimate of drug-likeness (QED) is 0.843. The zero-order valence-corrected chi connectivity index (χ0v) is 13.3. The Labute approximate surface area is 138 Å². The number of hydrogen-bond donors (Lipinski definition) is 2. The molecule has 0 saturated carbocycles. The van der Waals surface area contributed by atoms with E-state index < -0.39 is 5.54 Å². The van der Waals surface area contributed by atoms with Crippen LogP contribution in [-0.2, 0) is 4.79 Å². The van der Waals surface area contributed by atoms with Gasteiger partial charge in [0.15, 0.2) is 11.6 Å². The molecule has 1 aliphatic carbocycles. The molecule has 0 unspecified atom stereocenters. The number of aromatic hydroxyl groups is 1. The maximum Gasteiger partial charge on any atom is 0.187 e. The van der Waals surface area contributed by atoms with E-state index in [1.807, 2.05) is 0 Å². The average Bonchev–Trinajstić information content (AvgIpc) is 2.98. The Hall–Kier alpha value is -3.02. The first kappa shape index (κ1) is 14.6. The van der Waals surface area contributed by atoms with Gasteiger partial charge >= 0.3 is 0 Å². The molecule has 1 aliphatic heterocycles. The molecule has 0 radical (unpaired) electrons. The number of aliphatic imine (C=N–C) groups is 1. The third-order valence-corrected chi connectivity index (χ3v) is 4.39. The van der Waals surface area contributed by atoms with Crippen molar-refractivity contribution in [2.75, 3.05) is 0 Å². The molecule has 4 rings (SSSR count). The second kappa shape index (κ2) is 4.74. The van der Waals surface area contributed by atoms with Crippen LogP contribution < -0.4 is 0 Å². The summed E-state index contributed by atoms with van der Waals surface area (Å²) < 4.78 is 0. The fourth-order valence-corrected chi connectivity index (χ4v) is 3.02. The van der Waals surface area contributed by atoms with E-state index in [0.717, 1.165) is 5.56 Å². The number of rotatable bonds is 1. The van der Waals surface area contributed by atoms with E-state index in [1.165, 1.54) is 0 Å². The van der Waals surface area contributed by atoms with Gasteiger partial charge in [-0.25, -0.2) is 4.98 Å². The number of ketones is 2. The van der Waals surface area contributed by atoms with E-state index >= 15 is 0 Å². The first-order valence-electron chi connectivity index (χ1n) is 7.63. The predicted molar refractivity (Wildman–Crippen MR) is 89.1 cm³/mol. The number of carbonyl (C=O) groups excluding carboxylic acids is 2. The van der Waals surface area contributed by atoms with Gasteiger partial charge in [0.1, 0.15) is 22.8 Å². The average molecular weight is 321 g/mol. The van der Waals surface area contributed by atoms with Crippen LogP contribution in [0.1, 0.15) is 36.5 Å². The molecule has 2 aliphatic rings. The van der Waals surface area contributed by atoms with E-state index in [1.54, 1.807) is 44.3 Å². The lowest BCUT2D eigenvalue weighted by Crippen LogP contribution is -2.36. The number of nitrogens with zero attached hydrogens (tertiary/aromatic N) is 2. The summed E-state index contributed by atoms with van der Waals surface area (Å²) in [5.74, 6) is 0.375. The lowest BCUT2D eigenvalue weighted by molar-refractivity contribution is -0.119. The second-order valence-electron chi connectivity index (χ2n) is 6.49. The summed E-state index contributed by atoms with van der Waals surface area (Å²) in [4.78, 5) is 36.8. The fourth-order valence-electron chi connectivity index (χ4n) is 3.02. The van der Waals surface area contributed by atoms with Crippen LogP contribution in [0.4, 0.5) is 0 Å². The number of benzene rings is 1. The third-order valence-electron chi connectivity index (χ3n) is 4.39. The molecule has 0 fully saturated rings. The summed E-state index contributed by atoms with van der Waals surface area (Å²) in [6.45, 7) is 3.48. The third kappa shape index (κ3) is 2.03. The predicted octanol–water partition coefficient (Wildman–Crippen LogP) is 2.55. The van der Waals surface area contributed by atoms with Crippen LogP contribution in [-0.4, -0.2) is 38.4 Å². The van der Waals surface area contributed by atoms with Gasteiger partial charge in [-0.15, -0.1) is 0 Å². The van der Waals surface area contributed by atoms with E-state index in [-0.39, 0.29) is 23.7 Å². The summed E-state index contributed by atoms with van der Waals surface area (Å²) in [6, 6.07) is 6.53. The normalized spacial score (nSPS) is 18.6. The highest BCUT2D eigenvalue weighted by molar-refractivity contribution is 6.29. The molecule has 2 N–H and O–H groups in total. The Bertz CT molecular complexity index is 946. The molecule has 0 amide bonds. The van der Waals surface area contributed by atoms with E-state index in [0.29, 0.717) is 28.4 Å². The number of carbonyl (C=O) groups is 2. The summed E-state index contributed by atoms with van der Waals surface area (Å²) in [6.07, 6.45) is 1.71. The van der Waals surface area contributed by atoms with Gasteiger partial charge in [-0.05, 0) is 38.1 Å². The van der Waals surface area contributed by atoms with Crippen molar-refractivity contribution in [3.63, 3.8) is 0 Å². The van der Waals surface area contributed by atoms with Crippen LogP contribution >= 0.6 is 0 Å². The Morgan fingerprint density at radius 2 is 1.88 bits per heavy atom. The topological polar surface area (TPSA) is 95.4 Å². The monoisotopic (exact) mass is 321 g/mol. The number of allylic oxidation sites excluding steroid dienone is 1. The number of phenolic OH excluding ortho intramolecular Hbond substituents is 1. The second-order valence-corrected chi connectivity index (χ2v) is 6.49. The first-order valence-corrected chi connectivity index (χ1v) is 7.63. The number of Topliss-reactive ketones (excluding diaryl/α,β-unsaturated/α-hetero) is 2. The molecule has 0 atom stereocenters. The number of imidazole rings is 1. The van der Waals surface area contributed by atoms with Crippen molar-refractivity contribution in [1.82, 2.24) is 9.97 Å². The van der Waals surface area contributed by atoms with Crippen LogP contribution in [0.5, 0.6) is 5.75 Å². The van der Waals surface area contributed by atoms with Gasteiger partial charge in [0.05, 0.1) is 5.69 Å². The van der Waals surface area contributed by atoms with Gasteiger partial charge in [-0.1, -0.05) is 0 Å². The van der Waals surface area contributed by atoms with Crippen LogP contribution in [0.25, 0.3) is 17.0 Å². The molecule has 24 heavy (non-hydrogen) atoms. The zero-order chi connectivity index (χ0) is 17.1. The Morgan fingerprint density at radius 1 is 1.17 bits per heavy atom. The number of H-pyrrole nitrogens is 1. The molecule has 1 aromatic heterocycles. The van der Waals surface area contributed by atoms with Gasteiger partial charge in [0, 0.05) is 29.3 Å². The highest BCUT2D eigenvalue weighted by atomic mass is 16.3. The number of nitrogens with one attached hydrogen (secondary N) is 1. The highest BCUT2D eigenvalue weighted by Gasteiger charge is 2.39. The molecule has 0 saturated heterocycles. The van der Waals surface area contributed by atoms with Gasteiger partial charge in [0.25, 0.3) is 0 Å². The molecule has 120 valence electrons. The minimum atomic E-state index is -0.837. The fraction of sp³-hybridized carbons (Fsp3) is 0.222. The van der Waals surface area contributed by atoms with Gasteiger partial charge in [0.2, 0.25) is 0 Å². The largest absolute Gasteiger partial charge is 0.508 e. The first-order chi connectivity index (χ1) is 11.4. The Kier molecular flexibility index (Phi) is 2.87. The smallest absolute Gasteiger partial charge is 0.187 e. The van der Waals surface area contributed by atoms with Crippen molar-refractivity contribution < 1.29 is 14.7 Å². The number of aromatic amines is 1. The number of phenols is 1. The van der Waals surface area contributed by atoms with E-state index in [4.69, 9.17) is 0 Å². The van der Waals surface area contributed by atoms with Crippen molar-refractivity contribution in [1.29, 1.82) is 0 Å². The molecule has 6 nitrogen and oxygen atoms in total. The molecular formula is C18H15N3O3. The summed E-state index contributed by atoms with van der Waals surface area (Å²) in [5, 5.41) is 9.39. The summed E-state index contributed by atoms with van der Waals surface area (Å²) in [7, 11) is 0. The van der Waals surface area contributed by atoms with Gasteiger partial charge in [-0.3, -0.25) is 14.6 Å². The van der Waals surface area contributed by atoms with E-state index in [9.17, 15) is 14.7 Å².